The molecule has 0 aromatic carbocycles. The number of nitrogens with zero attached hydrogens (tertiary/aromatic N) is 1. The molecule has 0 unspecified atom stereocenters. The first-order valence-corrected chi connectivity index (χ1v) is 11.4. The molecule has 1 saturated carbocycles. The number of thiophene rings is 2. The fraction of sp³-hybridized carbons (Fsp3) is 0.500. The van der Waals surface area contributed by atoms with Crippen LogP contribution in [0.15, 0.2) is 29.0 Å². The Balaban J connectivity index is 1.39. The highest BCUT2D eigenvalue weighted by molar-refractivity contribution is 7.10. The number of urea groups is 1. The summed E-state index contributed by atoms with van der Waals surface area (Å²) >= 11 is 3.51. The van der Waals surface area contributed by atoms with Gasteiger partial charge in [0.15, 0.2) is 0 Å². The zero-order chi connectivity index (χ0) is 18.6. The molecule has 1 fully saturated rings. The largest absolute Gasteiger partial charge is 0.335 e. The maximum absolute atomic E-state index is 12.5. The van der Waals surface area contributed by atoms with Crippen molar-refractivity contribution in [3.05, 3.63) is 44.3 Å². The summed E-state index contributed by atoms with van der Waals surface area (Å²) in [6.07, 6.45) is 6.51. The number of carbonyl (C=O) groups is 2. The smallest absolute Gasteiger partial charge is 0.321 e. The molecule has 144 valence electrons. The van der Waals surface area contributed by atoms with Crippen molar-refractivity contribution in [2.45, 2.75) is 50.6 Å². The summed E-state index contributed by atoms with van der Waals surface area (Å²) in [6.45, 7) is 1.06. The Hall–Kier alpha value is -1.70. The molecule has 2 aromatic heterocycles. The summed E-state index contributed by atoms with van der Waals surface area (Å²) in [6, 6.07) is 6.30. The van der Waals surface area contributed by atoms with Gasteiger partial charge in [-0.1, -0.05) is 25.3 Å². The third kappa shape index (κ3) is 4.42. The number of carbonyl (C=O) groups excluding carboxylic acids is 2. The Labute approximate surface area is 167 Å². The molecule has 2 aromatic rings. The highest BCUT2D eigenvalue weighted by Crippen LogP contribution is 2.39. The summed E-state index contributed by atoms with van der Waals surface area (Å²) in [7, 11) is 0. The van der Waals surface area contributed by atoms with Crippen LogP contribution in [-0.2, 0) is 11.2 Å². The fourth-order valence-corrected chi connectivity index (χ4v) is 5.92. The highest BCUT2D eigenvalue weighted by Gasteiger charge is 2.31. The van der Waals surface area contributed by atoms with E-state index in [9.17, 15) is 9.59 Å². The van der Waals surface area contributed by atoms with E-state index in [1.807, 2.05) is 0 Å². The second-order valence-electron chi connectivity index (χ2n) is 7.29. The summed E-state index contributed by atoms with van der Waals surface area (Å²) in [5.74, 6) is -0.233. The van der Waals surface area contributed by atoms with Gasteiger partial charge in [0.1, 0.15) is 0 Å². The van der Waals surface area contributed by atoms with Crippen molar-refractivity contribution in [2.24, 2.45) is 0 Å². The van der Waals surface area contributed by atoms with Gasteiger partial charge in [0.05, 0.1) is 12.6 Å². The Morgan fingerprint density at radius 2 is 1.96 bits per heavy atom. The van der Waals surface area contributed by atoms with Crippen molar-refractivity contribution in [1.29, 1.82) is 0 Å². The van der Waals surface area contributed by atoms with Gasteiger partial charge >= 0.3 is 6.03 Å². The van der Waals surface area contributed by atoms with E-state index in [2.05, 4.69) is 44.5 Å². The van der Waals surface area contributed by atoms with Crippen LogP contribution in [0.5, 0.6) is 0 Å². The minimum Gasteiger partial charge on any atom is -0.335 e. The van der Waals surface area contributed by atoms with E-state index >= 15 is 0 Å². The van der Waals surface area contributed by atoms with Crippen molar-refractivity contribution in [1.82, 2.24) is 15.5 Å². The first-order chi connectivity index (χ1) is 13.2. The standard InChI is InChI=1S/C20H25N3O2S2/c24-18(22-20(25)21-14-5-2-1-3-6-14)13-23-10-8-16-15(9-12-27-16)19(23)17-7-4-11-26-17/h4,7,9,11-12,14,19H,1-3,5-6,8,10,13H2,(H2,21,22,24,25)/t19-/m1/s1. The van der Waals surface area contributed by atoms with Crippen molar-refractivity contribution >= 4 is 34.6 Å². The van der Waals surface area contributed by atoms with Crippen LogP contribution >= 0.6 is 22.7 Å². The molecule has 0 spiro atoms. The van der Waals surface area contributed by atoms with Gasteiger partial charge in [-0.05, 0) is 47.7 Å². The first kappa shape index (κ1) is 18.7. The topological polar surface area (TPSA) is 61.4 Å². The van der Waals surface area contributed by atoms with Crippen molar-refractivity contribution in [2.75, 3.05) is 13.1 Å². The lowest BCUT2D eigenvalue weighted by atomic mass is 9.96. The van der Waals surface area contributed by atoms with Crippen LogP contribution in [0.1, 0.15) is 53.5 Å². The molecule has 1 aliphatic carbocycles. The van der Waals surface area contributed by atoms with Crippen LogP contribution in [0.4, 0.5) is 4.79 Å². The van der Waals surface area contributed by atoms with E-state index in [-0.39, 0.29) is 30.6 Å². The van der Waals surface area contributed by atoms with Gasteiger partial charge < -0.3 is 5.32 Å². The van der Waals surface area contributed by atoms with Crippen molar-refractivity contribution in [3.8, 4) is 0 Å². The molecule has 0 bridgehead atoms. The first-order valence-electron chi connectivity index (χ1n) is 9.65. The number of imide groups is 1. The number of rotatable bonds is 4. The van der Waals surface area contributed by atoms with Crippen LogP contribution in [0, 0.1) is 0 Å². The molecule has 4 rings (SSSR count). The average molecular weight is 404 g/mol. The van der Waals surface area contributed by atoms with Gasteiger partial charge in [0, 0.05) is 22.3 Å². The number of fused-ring (bicyclic) bond motifs is 1. The van der Waals surface area contributed by atoms with E-state index < -0.39 is 0 Å². The van der Waals surface area contributed by atoms with Gasteiger partial charge in [-0.2, -0.15) is 0 Å². The maximum Gasteiger partial charge on any atom is 0.321 e. The fourth-order valence-electron chi connectivity index (χ4n) is 4.14. The van der Waals surface area contributed by atoms with E-state index in [0.717, 1.165) is 38.6 Å². The van der Waals surface area contributed by atoms with E-state index in [0.29, 0.717) is 0 Å². The van der Waals surface area contributed by atoms with Crippen LogP contribution in [-0.4, -0.2) is 36.0 Å². The quantitative estimate of drug-likeness (QED) is 0.813. The number of hydrogen-bond acceptors (Lipinski definition) is 5. The van der Waals surface area contributed by atoms with E-state index in [1.165, 1.54) is 21.7 Å². The molecule has 2 aliphatic rings. The summed E-state index contributed by atoms with van der Waals surface area (Å²) in [5, 5.41) is 9.69. The molecule has 0 radical (unpaired) electrons. The molecule has 3 amide bonds. The lowest BCUT2D eigenvalue weighted by Gasteiger charge is -2.34. The van der Waals surface area contributed by atoms with Crippen LogP contribution < -0.4 is 10.6 Å². The Kier molecular flexibility index (Phi) is 5.90. The molecular weight excluding hydrogens is 378 g/mol. The highest BCUT2D eigenvalue weighted by atomic mass is 32.1. The zero-order valence-electron chi connectivity index (χ0n) is 15.3. The minimum atomic E-state index is -0.354. The van der Waals surface area contributed by atoms with Gasteiger partial charge in [0.25, 0.3) is 0 Å². The predicted molar refractivity (Wildman–Crippen MR) is 109 cm³/mol. The second kappa shape index (κ2) is 8.54. The summed E-state index contributed by atoms with van der Waals surface area (Å²) in [5.41, 5.74) is 1.30. The molecular formula is C20H25N3O2S2. The Morgan fingerprint density at radius 3 is 2.74 bits per heavy atom. The zero-order valence-corrected chi connectivity index (χ0v) is 16.9. The lowest BCUT2D eigenvalue weighted by molar-refractivity contribution is -0.121. The van der Waals surface area contributed by atoms with Gasteiger partial charge in [-0.25, -0.2) is 4.79 Å². The Morgan fingerprint density at radius 1 is 1.11 bits per heavy atom. The normalized spacial score (nSPS) is 20.8. The summed E-state index contributed by atoms with van der Waals surface area (Å²) < 4.78 is 0. The molecule has 7 heteroatoms. The molecule has 3 heterocycles. The average Bonchev–Trinajstić information content (AvgIpc) is 3.34. The van der Waals surface area contributed by atoms with Crippen molar-refractivity contribution < 1.29 is 9.59 Å². The molecule has 2 N–H and O–H groups in total. The van der Waals surface area contributed by atoms with Crippen LogP contribution in [0.2, 0.25) is 0 Å². The van der Waals surface area contributed by atoms with Crippen molar-refractivity contribution in [3.63, 3.8) is 0 Å². The summed E-state index contributed by atoms with van der Waals surface area (Å²) in [4.78, 5) is 29.5. The number of nitrogens with one attached hydrogen (secondary N) is 2. The van der Waals surface area contributed by atoms with Crippen LogP contribution in [0.3, 0.4) is 0 Å². The maximum atomic E-state index is 12.5. The van der Waals surface area contributed by atoms with E-state index in [4.69, 9.17) is 0 Å². The Bertz CT molecular complexity index is 781. The molecule has 1 aliphatic heterocycles. The van der Waals surface area contributed by atoms with E-state index in [1.54, 1.807) is 22.7 Å². The molecule has 1 atom stereocenters. The third-order valence-electron chi connectivity index (χ3n) is 5.42. The second-order valence-corrected chi connectivity index (χ2v) is 9.27. The van der Waals surface area contributed by atoms with Gasteiger partial charge in [-0.15, -0.1) is 22.7 Å². The van der Waals surface area contributed by atoms with Gasteiger partial charge in [-0.3, -0.25) is 15.0 Å². The SMILES string of the molecule is O=C(CN1CCc2sccc2[C@@H]1c1cccs1)NC(=O)NC1CCCCC1. The lowest BCUT2D eigenvalue weighted by Crippen LogP contribution is -2.49. The monoisotopic (exact) mass is 403 g/mol. The molecule has 5 nitrogen and oxygen atoms in total. The predicted octanol–water partition coefficient (Wildman–Crippen LogP) is 3.92. The minimum absolute atomic E-state index is 0.104. The molecule has 27 heavy (non-hydrogen) atoms. The third-order valence-corrected chi connectivity index (χ3v) is 7.34. The number of hydrogen-bond donors (Lipinski definition) is 2. The van der Waals surface area contributed by atoms with Gasteiger partial charge in [0.2, 0.25) is 5.91 Å². The van der Waals surface area contributed by atoms with Crippen LogP contribution in [0.25, 0.3) is 0 Å². The number of amides is 3. The molecule has 0 saturated heterocycles.